The van der Waals surface area contributed by atoms with Gasteiger partial charge in [-0.15, -0.1) is 0 Å². The number of anilines is 1. The first-order valence-electron chi connectivity index (χ1n) is 9.29. The number of hydrogen-bond acceptors (Lipinski definition) is 5. The highest BCUT2D eigenvalue weighted by atomic mass is 16.5. The number of methoxy groups -OCH3 is 1. The van der Waals surface area contributed by atoms with Crippen molar-refractivity contribution in [2.75, 3.05) is 25.6 Å². The van der Waals surface area contributed by atoms with E-state index in [1.165, 1.54) is 7.11 Å². The molecule has 0 aliphatic heterocycles. The zero-order valence-corrected chi connectivity index (χ0v) is 17.1. The van der Waals surface area contributed by atoms with Crippen molar-refractivity contribution in [1.82, 2.24) is 5.32 Å². The molecule has 2 amide bonds. The molecule has 0 radical (unpaired) electrons. The maximum atomic E-state index is 12.2. The van der Waals surface area contributed by atoms with Crippen LogP contribution in [0.3, 0.4) is 0 Å². The number of benzene rings is 2. The van der Waals surface area contributed by atoms with E-state index in [0.717, 1.165) is 16.8 Å². The summed E-state index contributed by atoms with van der Waals surface area (Å²) in [5.41, 5.74) is 2.98. The van der Waals surface area contributed by atoms with Gasteiger partial charge in [-0.1, -0.05) is 44.2 Å². The Labute approximate surface area is 170 Å². The van der Waals surface area contributed by atoms with Crippen molar-refractivity contribution in [2.24, 2.45) is 0 Å². The Hall–Kier alpha value is -3.35. The Morgan fingerprint density at radius 2 is 1.76 bits per heavy atom. The van der Waals surface area contributed by atoms with E-state index >= 15 is 0 Å². The fraction of sp³-hybridized carbons (Fsp3) is 0.318. The molecule has 0 fully saturated rings. The van der Waals surface area contributed by atoms with Crippen LogP contribution in [0.2, 0.25) is 0 Å². The number of para-hydroxylation sites is 2. The standard InChI is InChI=1S/C22H26N2O5/c1-14(2)16-10-7-8-15(3)21(16)24-19(25)13-29-20(26)12-23-22(27)17-9-5-6-11-18(17)28-4/h5-11,14H,12-13H2,1-4H3,(H,23,27)(H,24,25). The predicted octanol–water partition coefficient (Wildman–Crippen LogP) is 3.04. The molecule has 0 aliphatic rings. The maximum Gasteiger partial charge on any atom is 0.325 e. The summed E-state index contributed by atoms with van der Waals surface area (Å²) in [4.78, 5) is 36.2. The van der Waals surface area contributed by atoms with Crippen LogP contribution in [0.25, 0.3) is 0 Å². The molecule has 0 unspecified atom stereocenters. The molecule has 29 heavy (non-hydrogen) atoms. The number of amides is 2. The smallest absolute Gasteiger partial charge is 0.325 e. The van der Waals surface area contributed by atoms with E-state index in [4.69, 9.17) is 9.47 Å². The fourth-order valence-corrected chi connectivity index (χ4v) is 2.79. The van der Waals surface area contributed by atoms with Gasteiger partial charge in [-0.25, -0.2) is 0 Å². The van der Waals surface area contributed by atoms with Gasteiger partial charge in [0.05, 0.1) is 12.7 Å². The van der Waals surface area contributed by atoms with Crippen LogP contribution in [0.15, 0.2) is 42.5 Å². The van der Waals surface area contributed by atoms with Gasteiger partial charge >= 0.3 is 5.97 Å². The van der Waals surface area contributed by atoms with Gasteiger partial charge in [-0.3, -0.25) is 14.4 Å². The topological polar surface area (TPSA) is 93.7 Å². The van der Waals surface area contributed by atoms with Gasteiger partial charge in [0, 0.05) is 5.69 Å². The fourth-order valence-electron chi connectivity index (χ4n) is 2.79. The lowest BCUT2D eigenvalue weighted by Crippen LogP contribution is -2.32. The van der Waals surface area contributed by atoms with Crippen LogP contribution in [0.4, 0.5) is 5.69 Å². The van der Waals surface area contributed by atoms with E-state index in [2.05, 4.69) is 10.6 Å². The number of nitrogens with one attached hydrogen (secondary N) is 2. The number of carbonyl (C=O) groups is 3. The monoisotopic (exact) mass is 398 g/mol. The summed E-state index contributed by atoms with van der Waals surface area (Å²) in [6.07, 6.45) is 0. The number of aryl methyl sites for hydroxylation is 1. The highest BCUT2D eigenvalue weighted by molar-refractivity contribution is 5.98. The number of ether oxygens (including phenoxy) is 2. The summed E-state index contributed by atoms with van der Waals surface area (Å²) in [7, 11) is 1.46. The Morgan fingerprint density at radius 3 is 2.45 bits per heavy atom. The highest BCUT2D eigenvalue weighted by Gasteiger charge is 2.15. The minimum Gasteiger partial charge on any atom is -0.496 e. The normalized spacial score (nSPS) is 10.4. The molecule has 0 spiro atoms. The molecule has 0 saturated heterocycles. The second-order valence-electron chi connectivity index (χ2n) is 6.79. The Balaban J connectivity index is 1.85. The number of carbonyl (C=O) groups excluding carboxylic acids is 3. The molecule has 2 aromatic carbocycles. The van der Waals surface area contributed by atoms with Crippen LogP contribution in [-0.4, -0.2) is 38.0 Å². The van der Waals surface area contributed by atoms with Crippen molar-refractivity contribution < 1.29 is 23.9 Å². The summed E-state index contributed by atoms with van der Waals surface area (Å²) in [6.45, 7) is 5.19. The molecule has 7 nitrogen and oxygen atoms in total. The van der Waals surface area contributed by atoms with E-state index < -0.39 is 24.4 Å². The summed E-state index contributed by atoms with van der Waals surface area (Å²) in [5, 5.41) is 5.26. The minimum absolute atomic E-state index is 0.234. The summed E-state index contributed by atoms with van der Waals surface area (Å²) in [6, 6.07) is 12.5. The summed E-state index contributed by atoms with van der Waals surface area (Å²) >= 11 is 0. The molecule has 0 bridgehead atoms. The lowest BCUT2D eigenvalue weighted by molar-refractivity contribution is -0.146. The van der Waals surface area contributed by atoms with Crippen LogP contribution in [0, 0.1) is 6.92 Å². The van der Waals surface area contributed by atoms with E-state index in [1.54, 1.807) is 24.3 Å². The first kappa shape index (κ1) is 21.9. The van der Waals surface area contributed by atoms with Crippen LogP contribution >= 0.6 is 0 Å². The Morgan fingerprint density at radius 1 is 1.03 bits per heavy atom. The van der Waals surface area contributed by atoms with Gasteiger partial charge in [0.2, 0.25) is 0 Å². The highest BCUT2D eigenvalue weighted by Crippen LogP contribution is 2.27. The van der Waals surface area contributed by atoms with Gasteiger partial charge in [0.25, 0.3) is 11.8 Å². The van der Waals surface area contributed by atoms with E-state index in [0.29, 0.717) is 11.3 Å². The zero-order valence-electron chi connectivity index (χ0n) is 17.1. The lowest BCUT2D eigenvalue weighted by Gasteiger charge is -2.16. The van der Waals surface area contributed by atoms with Gasteiger partial charge in [-0.05, 0) is 36.1 Å². The second kappa shape index (κ2) is 10.3. The number of esters is 1. The van der Waals surface area contributed by atoms with E-state index in [1.807, 2.05) is 39.0 Å². The SMILES string of the molecule is COc1ccccc1C(=O)NCC(=O)OCC(=O)Nc1c(C)cccc1C(C)C. The van der Waals surface area contributed by atoms with Crippen molar-refractivity contribution in [1.29, 1.82) is 0 Å². The first-order valence-corrected chi connectivity index (χ1v) is 9.29. The molecule has 7 heteroatoms. The lowest BCUT2D eigenvalue weighted by atomic mass is 9.98. The Kier molecular flexibility index (Phi) is 7.77. The molecule has 0 atom stereocenters. The second-order valence-corrected chi connectivity index (χ2v) is 6.79. The van der Waals surface area contributed by atoms with Gasteiger partial charge in [0.1, 0.15) is 12.3 Å². The average molecular weight is 398 g/mol. The summed E-state index contributed by atoms with van der Waals surface area (Å²) in [5.74, 6) is -0.983. The maximum absolute atomic E-state index is 12.2. The third kappa shape index (κ3) is 6.07. The van der Waals surface area contributed by atoms with Gasteiger partial charge in [0.15, 0.2) is 6.61 Å². The predicted molar refractivity (Wildman–Crippen MR) is 110 cm³/mol. The molecule has 2 aromatic rings. The van der Waals surface area contributed by atoms with Crippen LogP contribution in [-0.2, 0) is 14.3 Å². The first-order chi connectivity index (χ1) is 13.8. The molecule has 154 valence electrons. The van der Waals surface area contributed by atoms with Crippen molar-refractivity contribution in [3.8, 4) is 5.75 Å². The average Bonchev–Trinajstić information content (AvgIpc) is 2.71. The van der Waals surface area contributed by atoms with E-state index in [9.17, 15) is 14.4 Å². The third-order valence-electron chi connectivity index (χ3n) is 4.30. The van der Waals surface area contributed by atoms with Crippen LogP contribution < -0.4 is 15.4 Å². The molecule has 0 saturated carbocycles. The molecular formula is C22H26N2O5. The molecule has 0 aromatic heterocycles. The zero-order chi connectivity index (χ0) is 21.4. The third-order valence-corrected chi connectivity index (χ3v) is 4.30. The number of rotatable bonds is 8. The van der Waals surface area contributed by atoms with Crippen LogP contribution in [0.5, 0.6) is 5.75 Å². The van der Waals surface area contributed by atoms with Crippen LogP contribution in [0.1, 0.15) is 41.3 Å². The largest absolute Gasteiger partial charge is 0.496 e. The molecule has 0 aliphatic carbocycles. The number of hydrogen-bond donors (Lipinski definition) is 2. The van der Waals surface area contributed by atoms with Crippen molar-refractivity contribution in [3.63, 3.8) is 0 Å². The van der Waals surface area contributed by atoms with Crippen molar-refractivity contribution in [3.05, 3.63) is 59.2 Å². The summed E-state index contributed by atoms with van der Waals surface area (Å²) < 4.78 is 10.1. The van der Waals surface area contributed by atoms with Gasteiger partial charge < -0.3 is 20.1 Å². The molecule has 2 N–H and O–H groups in total. The quantitative estimate of drug-likeness (QED) is 0.667. The van der Waals surface area contributed by atoms with Crippen molar-refractivity contribution in [2.45, 2.75) is 26.7 Å². The Bertz CT molecular complexity index is 893. The molecular weight excluding hydrogens is 372 g/mol. The van der Waals surface area contributed by atoms with Crippen molar-refractivity contribution >= 4 is 23.5 Å². The van der Waals surface area contributed by atoms with E-state index in [-0.39, 0.29) is 12.5 Å². The van der Waals surface area contributed by atoms with Gasteiger partial charge in [-0.2, -0.15) is 0 Å². The molecule has 0 heterocycles. The minimum atomic E-state index is -0.711. The molecule has 2 rings (SSSR count).